The van der Waals surface area contributed by atoms with Crippen LogP contribution in [-0.4, -0.2) is 40.0 Å². The molecule has 2 aromatic rings. The molecule has 1 aromatic carbocycles. The van der Waals surface area contributed by atoms with Crippen molar-refractivity contribution in [3.8, 4) is 6.01 Å². The summed E-state index contributed by atoms with van der Waals surface area (Å²) >= 11 is 3.26. The number of halogens is 2. The number of piperidine rings is 1. The normalized spacial score (nSPS) is 17.8. The van der Waals surface area contributed by atoms with Gasteiger partial charge in [0.05, 0.1) is 16.6 Å². The average molecular weight is 380 g/mol. The van der Waals surface area contributed by atoms with Gasteiger partial charge in [0.2, 0.25) is 0 Å². The van der Waals surface area contributed by atoms with E-state index in [-0.39, 0.29) is 23.6 Å². The molecule has 0 aliphatic carbocycles. The molecule has 3 rings (SSSR count). The lowest BCUT2D eigenvalue weighted by Gasteiger charge is -2.32. The van der Waals surface area contributed by atoms with E-state index in [4.69, 9.17) is 4.74 Å². The summed E-state index contributed by atoms with van der Waals surface area (Å²) in [6.07, 6.45) is 4.61. The minimum atomic E-state index is -0.503. The third-order valence-electron chi connectivity index (χ3n) is 3.64. The Hall–Kier alpha value is -2.02. The molecule has 0 spiro atoms. The number of aromatic nitrogens is 2. The van der Waals surface area contributed by atoms with E-state index in [0.717, 1.165) is 17.3 Å². The third-order valence-corrected chi connectivity index (χ3v) is 4.05. The molecule has 1 unspecified atom stereocenters. The fraction of sp³-hybridized carbons (Fsp3) is 0.312. The molecule has 1 saturated heterocycles. The van der Waals surface area contributed by atoms with Crippen LogP contribution in [0, 0.1) is 5.82 Å². The Morgan fingerprint density at radius 1 is 1.30 bits per heavy atom. The highest BCUT2D eigenvalue weighted by Gasteiger charge is 2.27. The fourth-order valence-corrected chi connectivity index (χ4v) is 2.74. The Morgan fingerprint density at radius 2 is 2.04 bits per heavy atom. The highest BCUT2D eigenvalue weighted by molar-refractivity contribution is 9.10. The zero-order chi connectivity index (χ0) is 16.2. The maximum Gasteiger partial charge on any atom is 0.316 e. The molecular weight excluding hydrogens is 365 g/mol. The molecule has 1 atom stereocenters. The molecule has 1 aliphatic heterocycles. The second-order valence-electron chi connectivity index (χ2n) is 5.30. The molecular formula is C16H15BrFN3O2. The molecule has 2 heterocycles. The minimum Gasteiger partial charge on any atom is -0.458 e. The molecule has 0 bridgehead atoms. The van der Waals surface area contributed by atoms with Crippen LogP contribution in [0.25, 0.3) is 0 Å². The van der Waals surface area contributed by atoms with Crippen LogP contribution in [0.5, 0.6) is 6.01 Å². The number of benzene rings is 1. The van der Waals surface area contributed by atoms with Crippen molar-refractivity contribution in [2.75, 3.05) is 13.1 Å². The summed E-state index contributed by atoms with van der Waals surface area (Å²) in [6.45, 7) is 0.987. The lowest BCUT2D eigenvalue weighted by Crippen LogP contribution is -2.44. The monoisotopic (exact) mass is 379 g/mol. The summed E-state index contributed by atoms with van der Waals surface area (Å²) in [5, 5.41) is 0. The van der Waals surface area contributed by atoms with E-state index in [1.54, 1.807) is 29.4 Å². The summed E-state index contributed by atoms with van der Waals surface area (Å²) in [5.41, 5.74) is 0.0908. The Bertz CT molecular complexity index is 696. The van der Waals surface area contributed by atoms with Gasteiger partial charge in [-0.3, -0.25) is 4.79 Å². The smallest absolute Gasteiger partial charge is 0.316 e. The second-order valence-corrected chi connectivity index (χ2v) is 6.21. The first kappa shape index (κ1) is 15.9. The van der Waals surface area contributed by atoms with E-state index in [9.17, 15) is 9.18 Å². The van der Waals surface area contributed by atoms with Crippen LogP contribution in [0.3, 0.4) is 0 Å². The van der Waals surface area contributed by atoms with Crippen LogP contribution in [0.2, 0.25) is 0 Å². The van der Waals surface area contributed by atoms with Gasteiger partial charge in [0.25, 0.3) is 5.91 Å². The molecule has 0 N–H and O–H groups in total. The number of likely N-dealkylation sites (tertiary alicyclic amines) is 1. The van der Waals surface area contributed by atoms with Crippen LogP contribution >= 0.6 is 15.9 Å². The second kappa shape index (κ2) is 7.04. The van der Waals surface area contributed by atoms with Crippen LogP contribution in [0.1, 0.15) is 23.2 Å². The van der Waals surface area contributed by atoms with Crippen molar-refractivity contribution in [2.24, 2.45) is 0 Å². The van der Waals surface area contributed by atoms with Gasteiger partial charge in [0, 0.05) is 18.9 Å². The molecule has 1 amide bonds. The number of carbonyl (C=O) groups is 1. The molecule has 5 nitrogen and oxygen atoms in total. The highest BCUT2D eigenvalue weighted by Crippen LogP contribution is 2.19. The predicted molar refractivity (Wildman–Crippen MR) is 85.7 cm³/mol. The molecule has 0 radical (unpaired) electrons. The van der Waals surface area contributed by atoms with Gasteiger partial charge in [-0.2, -0.15) is 0 Å². The highest BCUT2D eigenvalue weighted by atomic mass is 79.9. The van der Waals surface area contributed by atoms with Gasteiger partial charge in [0.1, 0.15) is 11.9 Å². The number of ether oxygens (including phenoxy) is 1. The summed E-state index contributed by atoms with van der Waals surface area (Å²) in [6, 6.07) is 6.29. The van der Waals surface area contributed by atoms with Gasteiger partial charge in [-0.1, -0.05) is 12.1 Å². The summed E-state index contributed by atoms with van der Waals surface area (Å²) < 4.78 is 20.3. The average Bonchev–Trinajstić information content (AvgIpc) is 2.57. The summed E-state index contributed by atoms with van der Waals surface area (Å²) in [5.74, 6) is -0.815. The lowest BCUT2D eigenvalue weighted by atomic mass is 10.1. The van der Waals surface area contributed by atoms with Crippen LogP contribution in [0.4, 0.5) is 4.39 Å². The number of hydrogen-bond donors (Lipinski definition) is 0. The molecule has 7 heteroatoms. The van der Waals surface area contributed by atoms with Crippen molar-refractivity contribution in [1.82, 2.24) is 14.9 Å². The number of hydrogen-bond acceptors (Lipinski definition) is 4. The lowest BCUT2D eigenvalue weighted by molar-refractivity contribution is 0.0511. The maximum absolute atomic E-state index is 13.8. The van der Waals surface area contributed by atoms with Crippen molar-refractivity contribution in [3.05, 3.63) is 52.5 Å². The van der Waals surface area contributed by atoms with Crippen LogP contribution < -0.4 is 4.74 Å². The largest absolute Gasteiger partial charge is 0.458 e. The van der Waals surface area contributed by atoms with Crippen molar-refractivity contribution < 1.29 is 13.9 Å². The van der Waals surface area contributed by atoms with Gasteiger partial charge in [-0.15, -0.1) is 0 Å². The standard InChI is InChI=1S/C16H15BrFN3O2/c17-11-8-19-16(20-9-11)23-12-4-3-7-21(10-12)15(22)13-5-1-2-6-14(13)18/h1-2,5-6,8-9,12H,3-4,7,10H2. The SMILES string of the molecule is O=C(c1ccccc1F)N1CCCC(Oc2ncc(Br)cn2)C1. The molecule has 1 fully saturated rings. The topological polar surface area (TPSA) is 55.3 Å². The Morgan fingerprint density at radius 3 is 2.78 bits per heavy atom. The van der Waals surface area contributed by atoms with Gasteiger partial charge < -0.3 is 9.64 Å². The van der Waals surface area contributed by atoms with Crippen LogP contribution in [0.15, 0.2) is 41.1 Å². The zero-order valence-corrected chi connectivity index (χ0v) is 13.9. The third kappa shape index (κ3) is 3.85. The maximum atomic E-state index is 13.8. The first-order chi connectivity index (χ1) is 11.1. The molecule has 0 saturated carbocycles. The van der Waals surface area contributed by atoms with Crippen molar-refractivity contribution in [1.29, 1.82) is 0 Å². The first-order valence-electron chi connectivity index (χ1n) is 7.31. The van der Waals surface area contributed by atoms with E-state index in [2.05, 4.69) is 25.9 Å². The van der Waals surface area contributed by atoms with Gasteiger partial charge in [-0.25, -0.2) is 14.4 Å². The van der Waals surface area contributed by atoms with Gasteiger partial charge in [-0.05, 0) is 40.9 Å². The zero-order valence-electron chi connectivity index (χ0n) is 12.3. The predicted octanol–water partition coefficient (Wildman–Crippen LogP) is 3.06. The van der Waals surface area contributed by atoms with Crippen molar-refractivity contribution >= 4 is 21.8 Å². The molecule has 1 aliphatic rings. The minimum absolute atomic E-state index is 0.0908. The Balaban J connectivity index is 1.67. The Labute approximate surface area is 141 Å². The summed E-state index contributed by atoms with van der Waals surface area (Å²) in [7, 11) is 0. The first-order valence-corrected chi connectivity index (χ1v) is 8.11. The molecule has 120 valence electrons. The quantitative estimate of drug-likeness (QED) is 0.822. The molecule has 1 aromatic heterocycles. The van der Waals surface area contributed by atoms with Gasteiger partial charge in [0.15, 0.2) is 0 Å². The van der Waals surface area contributed by atoms with Gasteiger partial charge >= 0.3 is 6.01 Å². The summed E-state index contributed by atoms with van der Waals surface area (Å²) in [4.78, 5) is 22.2. The van der Waals surface area contributed by atoms with Crippen molar-refractivity contribution in [3.63, 3.8) is 0 Å². The van der Waals surface area contributed by atoms with Crippen LogP contribution in [-0.2, 0) is 0 Å². The van der Waals surface area contributed by atoms with E-state index in [1.165, 1.54) is 12.1 Å². The number of rotatable bonds is 3. The van der Waals surface area contributed by atoms with E-state index < -0.39 is 5.82 Å². The number of carbonyl (C=O) groups excluding carboxylic acids is 1. The van der Waals surface area contributed by atoms with E-state index >= 15 is 0 Å². The number of amides is 1. The van der Waals surface area contributed by atoms with Crippen molar-refractivity contribution in [2.45, 2.75) is 18.9 Å². The number of nitrogens with zero attached hydrogens (tertiary/aromatic N) is 3. The van der Waals surface area contributed by atoms with E-state index in [0.29, 0.717) is 13.1 Å². The molecule has 23 heavy (non-hydrogen) atoms. The van der Waals surface area contributed by atoms with E-state index in [1.807, 2.05) is 0 Å². The Kier molecular flexibility index (Phi) is 4.85. The fourth-order valence-electron chi connectivity index (χ4n) is 2.53.